The smallest absolute Gasteiger partial charge is 0.0976 e. The Labute approximate surface area is 389 Å². The highest BCUT2D eigenvalue weighted by Gasteiger charge is 2.38. The summed E-state index contributed by atoms with van der Waals surface area (Å²) in [5.74, 6) is 0. The molecule has 364 valence electrons. The maximum Gasteiger partial charge on any atom is 0.0976 e. The largest absolute Gasteiger partial charge is 1.00 e. The lowest BCUT2D eigenvalue weighted by molar-refractivity contribution is -0.955. The SMILES string of the molecule is CCCCCCCCCCCCCCCCCCCC[NH+](CCCCCCCCCCCCCCCCCCCC)C(CCCC)(CCCC)CCCCCCCCC.[Cl-]. The van der Waals surface area contributed by atoms with Crippen molar-refractivity contribution >= 4 is 0 Å². The summed E-state index contributed by atoms with van der Waals surface area (Å²) in [7, 11) is 0. The van der Waals surface area contributed by atoms with Crippen molar-refractivity contribution in [1.82, 2.24) is 0 Å². The molecule has 0 saturated heterocycles. The van der Waals surface area contributed by atoms with Crippen molar-refractivity contribution in [3.8, 4) is 0 Å². The molecule has 0 aliphatic carbocycles. The summed E-state index contributed by atoms with van der Waals surface area (Å²) in [5.41, 5.74) is 0.554. The number of rotatable bonds is 53. The summed E-state index contributed by atoms with van der Waals surface area (Å²) in [5, 5.41) is 0. The van der Waals surface area contributed by atoms with Gasteiger partial charge < -0.3 is 17.3 Å². The minimum absolute atomic E-state index is 0. The Morgan fingerprint density at radius 1 is 0.200 bits per heavy atom. The van der Waals surface area contributed by atoms with E-state index in [4.69, 9.17) is 0 Å². The van der Waals surface area contributed by atoms with Crippen LogP contribution in [-0.2, 0) is 0 Å². The molecule has 0 spiro atoms. The zero-order valence-electron chi connectivity index (χ0n) is 43.1. The van der Waals surface area contributed by atoms with Crippen molar-refractivity contribution in [1.29, 1.82) is 0 Å². The average molecular weight is 867 g/mol. The predicted octanol–water partition coefficient (Wildman–Crippen LogP) is 17.2. The molecule has 0 radical (unpaired) electrons. The molecule has 0 rings (SSSR count). The van der Waals surface area contributed by atoms with Gasteiger partial charge in [0.1, 0.15) is 0 Å². The summed E-state index contributed by atoms with van der Waals surface area (Å²) in [4.78, 5) is 2.07. The summed E-state index contributed by atoms with van der Waals surface area (Å²) in [6, 6.07) is 0. The van der Waals surface area contributed by atoms with E-state index >= 15 is 0 Å². The predicted molar refractivity (Wildman–Crippen MR) is 273 cm³/mol. The minimum Gasteiger partial charge on any atom is -1.00 e. The zero-order valence-corrected chi connectivity index (χ0v) is 43.9. The Morgan fingerprint density at radius 2 is 0.367 bits per heavy atom. The van der Waals surface area contributed by atoms with Gasteiger partial charge in [0.25, 0.3) is 0 Å². The molecule has 0 fully saturated rings. The maximum absolute atomic E-state index is 2.45. The summed E-state index contributed by atoms with van der Waals surface area (Å²) < 4.78 is 0. The Bertz CT molecular complexity index is 688. The number of hydrogen-bond donors (Lipinski definition) is 1. The third-order valence-corrected chi connectivity index (χ3v) is 14.7. The van der Waals surface area contributed by atoms with Gasteiger partial charge in [0.2, 0.25) is 0 Å². The van der Waals surface area contributed by atoms with Gasteiger partial charge in [-0.05, 0) is 44.9 Å². The van der Waals surface area contributed by atoms with Crippen LogP contribution in [0.4, 0.5) is 0 Å². The van der Waals surface area contributed by atoms with E-state index in [0.717, 1.165) is 0 Å². The number of hydrogen-bond acceptors (Lipinski definition) is 0. The first-order valence-electron chi connectivity index (χ1n) is 29.1. The maximum atomic E-state index is 2.45. The standard InChI is InChI=1S/C58H119N.ClH/c1-6-11-16-19-22-24-26-28-30-32-34-36-38-40-42-45-48-51-56-59(58(53-14-9-4,54-15-10-5)55-50-47-44-21-18-13-8-3)57-52-49-46-43-41-39-37-35-33-31-29-27-25-23-20-17-12-7-2;/h6-57H2,1-5H3;1H. The fourth-order valence-electron chi connectivity index (χ4n) is 10.5. The highest BCUT2D eigenvalue weighted by molar-refractivity contribution is 4.80. The van der Waals surface area contributed by atoms with Crippen LogP contribution in [-0.4, -0.2) is 18.6 Å². The quantitative estimate of drug-likeness (QED) is 0.0581. The molecule has 0 heterocycles. The van der Waals surface area contributed by atoms with Gasteiger partial charge in [-0.15, -0.1) is 0 Å². The lowest BCUT2D eigenvalue weighted by atomic mass is 9.80. The molecule has 0 atom stereocenters. The van der Waals surface area contributed by atoms with Crippen molar-refractivity contribution in [2.75, 3.05) is 13.1 Å². The van der Waals surface area contributed by atoms with Gasteiger partial charge in [-0.2, -0.15) is 0 Å². The molecule has 0 unspecified atom stereocenters. The second-order valence-electron chi connectivity index (χ2n) is 20.5. The van der Waals surface area contributed by atoms with Crippen molar-refractivity contribution < 1.29 is 17.3 Å². The van der Waals surface area contributed by atoms with E-state index in [1.165, 1.54) is 334 Å². The molecule has 0 aromatic rings. The number of unbranched alkanes of at least 4 members (excludes halogenated alkanes) is 42. The van der Waals surface area contributed by atoms with Gasteiger partial charge in [0.05, 0.1) is 18.6 Å². The lowest BCUT2D eigenvalue weighted by Crippen LogP contribution is -3.20. The topological polar surface area (TPSA) is 4.44 Å². The van der Waals surface area contributed by atoms with Crippen LogP contribution in [0.25, 0.3) is 0 Å². The summed E-state index contributed by atoms with van der Waals surface area (Å²) in [6.45, 7) is 14.8. The molecule has 0 saturated carbocycles. The van der Waals surface area contributed by atoms with E-state index < -0.39 is 0 Å². The van der Waals surface area contributed by atoms with Gasteiger partial charge in [0.15, 0.2) is 0 Å². The van der Waals surface area contributed by atoms with Crippen LogP contribution < -0.4 is 17.3 Å². The van der Waals surface area contributed by atoms with Crippen LogP contribution in [0.15, 0.2) is 0 Å². The third kappa shape index (κ3) is 43.5. The molecule has 0 aromatic carbocycles. The highest BCUT2D eigenvalue weighted by atomic mass is 35.5. The van der Waals surface area contributed by atoms with E-state index in [1.807, 2.05) is 0 Å². The van der Waals surface area contributed by atoms with Crippen LogP contribution in [0.1, 0.15) is 356 Å². The summed E-state index contributed by atoms with van der Waals surface area (Å²) in [6.07, 6.45) is 73.5. The molecule has 0 aliphatic rings. The second-order valence-corrected chi connectivity index (χ2v) is 20.5. The van der Waals surface area contributed by atoms with Gasteiger partial charge in [-0.1, -0.05) is 291 Å². The zero-order chi connectivity index (χ0) is 42.8. The van der Waals surface area contributed by atoms with Crippen LogP contribution in [0, 0.1) is 0 Å². The Morgan fingerprint density at radius 3 is 0.583 bits per heavy atom. The van der Waals surface area contributed by atoms with E-state index in [9.17, 15) is 0 Å². The molecule has 1 nitrogen and oxygen atoms in total. The molecule has 1 N–H and O–H groups in total. The molecule has 0 amide bonds. The van der Waals surface area contributed by atoms with Crippen LogP contribution >= 0.6 is 0 Å². The molecule has 60 heavy (non-hydrogen) atoms. The first-order valence-corrected chi connectivity index (χ1v) is 29.1. The molecule has 0 aromatic heterocycles. The molecular weight excluding hydrogens is 746 g/mol. The Kier molecular flexibility index (Phi) is 55.7. The van der Waals surface area contributed by atoms with Crippen molar-refractivity contribution in [3.05, 3.63) is 0 Å². The summed E-state index contributed by atoms with van der Waals surface area (Å²) >= 11 is 0. The molecule has 2 heteroatoms. The van der Waals surface area contributed by atoms with Gasteiger partial charge in [-0.25, -0.2) is 0 Å². The fourth-order valence-corrected chi connectivity index (χ4v) is 10.5. The first kappa shape index (κ1) is 62.3. The average Bonchev–Trinajstić information content (AvgIpc) is 3.25. The normalized spacial score (nSPS) is 11.9. The number of quaternary nitrogens is 1. The second kappa shape index (κ2) is 53.6. The van der Waals surface area contributed by atoms with Crippen LogP contribution in [0.2, 0.25) is 0 Å². The van der Waals surface area contributed by atoms with Gasteiger partial charge in [-0.3, -0.25) is 0 Å². The van der Waals surface area contributed by atoms with Crippen LogP contribution in [0.3, 0.4) is 0 Å². The van der Waals surface area contributed by atoms with Crippen LogP contribution in [0.5, 0.6) is 0 Å². The highest BCUT2D eigenvalue weighted by Crippen LogP contribution is 2.27. The van der Waals surface area contributed by atoms with Gasteiger partial charge in [0, 0.05) is 19.3 Å². The Balaban J connectivity index is 0. The first-order chi connectivity index (χ1) is 29.2. The van der Waals surface area contributed by atoms with Gasteiger partial charge >= 0.3 is 0 Å². The van der Waals surface area contributed by atoms with E-state index in [0.29, 0.717) is 5.54 Å². The van der Waals surface area contributed by atoms with Crippen molar-refractivity contribution in [2.45, 2.75) is 361 Å². The van der Waals surface area contributed by atoms with E-state index in [1.54, 1.807) is 0 Å². The third-order valence-electron chi connectivity index (χ3n) is 14.7. The molecule has 0 bridgehead atoms. The van der Waals surface area contributed by atoms with Crippen molar-refractivity contribution in [3.63, 3.8) is 0 Å². The molecular formula is C58H120ClN. The van der Waals surface area contributed by atoms with E-state index in [2.05, 4.69) is 39.5 Å². The number of nitrogens with one attached hydrogen (secondary N) is 1. The lowest BCUT2D eigenvalue weighted by Gasteiger charge is -2.42. The number of halogens is 1. The minimum atomic E-state index is 0. The fraction of sp³-hybridized carbons (Fsp3) is 1.00. The molecule has 0 aliphatic heterocycles. The van der Waals surface area contributed by atoms with E-state index in [-0.39, 0.29) is 12.4 Å². The monoisotopic (exact) mass is 866 g/mol. The van der Waals surface area contributed by atoms with Crippen molar-refractivity contribution in [2.24, 2.45) is 0 Å². The Hall–Kier alpha value is 0.250.